The number of anilines is 3. The van der Waals surface area contributed by atoms with Gasteiger partial charge in [0.25, 0.3) is 0 Å². The van der Waals surface area contributed by atoms with Gasteiger partial charge in [-0.15, -0.1) is 0 Å². The Bertz CT molecular complexity index is 2070. The first-order valence-corrected chi connectivity index (χ1v) is 14.2. The molecule has 0 spiro atoms. The summed E-state index contributed by atoms with van der Waals surface area (Å²) >= 11 is 0. The van der Waals surface area contributed by atoms with Crippen LogP contribution in [0.5, 0.6) is 0 Å². The quantitative estimate of drug-likeness (QED) is 0.226. The van der Waals surface area contributed by atoms with E-state index in [-0.39, 0.29) is 5.41 Å². The van der Waals surface area contributed by atoms with Gasteiger partial charge in [0.1, 0.15) is 11.2 Å². The molecule has 0 bridgehead atoms. The number of para-hydroxylation sites is 2. The Labute approximate surface area is 240 Å². The Morgan fingerprint density at radius 3 is 2.05 bits per heavy atom. The topological polar surface area (TPSA) is 16.4 Å². The third-order valence-corrected chi connectivity index (χ3v) is 8.67. The van der Waals surface area contributed by atoms with Gasteiger partial charge in [0.05, 0.1) is 16.8 Å². The molecule has 0 fully saturated rings. The average molecular weight is 528 g/mol. The minimum atomic E-state index is -0.0842. The lowest BCUT2D eigenvalue weighted by Gasteiger charge is -2.29. The van der Waals surface area contributed by atoms with Gasteiger partial charge < -0.3 is 9.32 Å². The first kappa shape index (κ1) is 23.8. The van der Waals surface area contributed by atoms with Crippen molar-refractivity contribution < 1.29 is 4.42 Å². The molecule has 8 rings (SSSR count). The van der Waals surface area contributed by atoms with Gasteiger partial charge in [-0.1, -0.05) is 117 Å². The summed E-state index contributed by atoms with van der Waals surface area (Å²) in [6.07, 6.45) is 0. The molecule has 1 aromatic heterocycles. The van der Waals surface area contributed by atoms with E-state index in [0.717, 1.165) is 44.4 Å². The van der Waals surface area contributed by atoms with Gasteiger partial charge in [0.2, 0.25) is 0 Å². The summed E-state index contributed by atoms with van der Waals surface area (Å²) in [5, 5.41) is 2.23. The third-order valence-electron chi connectivity index (χ3n) is 8.67. The minimum absolute atomic E-state index is 0.0842. The minimum Gasteiger partial charge on any atom is -0.455 e. The van der Waals surface area contributed by atoms with Crippen molar-refractivity contribution >= 4 is 39.0 Å². The molecule has 1 aliphatic carbocycles. The van der Waals surface area contributed by atoms with Crippen LogP contribution < -0.4 is 4.90 Å². The second-order valence-corrected chi connectivity index (χ2v) is 11.3. The van der Waals surface area contributed by atoms with Crippen LogP contribution in [0.2, 0.25) is 0 Å². The molecule has 0 saturated carbocycles. The lowest BCUT2D eigenvalue weighted by Crippen LogP contribution is -2.16. The molecule has 0 radical (unpaired) electrons. The van der Waals surface area contributed by atoms with E-state index in [1.807, 2.05) is 6.07 Å². The number of fused-ring (bicyclic) bond motifs is 6. The predicted octanol–water partition coefficient (Wildman–Crippen LogP) is 11.0. The largest absolute Gasteiger partial charge is 0.455 e. The molecule has 41 heavy (non-hydrogen) atoms. The highest BCUT2D eigenvalue weighted by Crippen LogP contribution is 2.55. The molecule has 0 amide bonds. The Hall–Kier alpha value is -5.08. The van der Waals surface area contributed by atoms with Gasteiger partial charge in [0.15, 0.2) is 0 Å². The van der Waals surface area contributed by atoms with E-state index in [0.29, 0.717) is 0 Å². The van der Waals surface area contributed by atoms with Crippen LogP contribution in [0.1, 0.15) is 25.0 Å². The molecule has 0 N–H and O–H groups in total. The monoisotopic (exact) mass is 527 g/mol. The molecule has 1 aliphatic rings. The van der Waals surface area contributed by atoms with E-state index in [1.54, 1.807) is 0 Å². The van der Waals surface area contributed by atoms with Crippen molar-refractivity contribution in [2.45, 2.75) is 19.3 Å². The second kappa shape index (κ2) is 8.97. The Kier molecular flexibility index (Phi) is 5.20. The number of nitrogens with zero attached hydrogens (tertiary/aromatic N) is 1. The maximum atomic E-state index is 6.66. The Morgan fingerprint density at radius 1 is 0.537 bits per heavy atom. The Balaban J connectivity index is 1.48. The molecular weight excluding hydrogens is 498 g/mol. The van der Waals surface area contributed by atoms with Crippen LogP contribution in [-0.4, -0.2) is 0 Å². The molecule has 0 saturated heterocycles. The summed E-state index contributed by atoms with van der Waals surface area (Å²) in [6, 6.07) is 49.8. The van der Waals surface area contributed by atoms with Crippen LogP contribution in [0, 0.1) is 0 Å². The maximum Gasteiger partial charge on any atom is 0.145 e. The zero-order chi connectivity index (χ0) is 27.6. The summed E-state index contributed by atoms with van der Waals surface area (Å²) < 4.78 is 6.66. The van der Waals surface area contributed by atoms with E-state index < -0.39 is 0 Å². The molecule has 7 aromatic rings. The molecule has 0 aliphatic heterocycles. The van der Waals surface area contributed by atoms with Crippen molar-refractivity contribution in [1.29, 1.82) is 0 Å². The van der Waals surface area contributed by atoms with Crippen LogP contribution in [0.4, 0.5) is 17.1 Å². The van der Waals surface area contributed by atoms with Gasteiger partial charge in [-0.05, 0) is 58.7 Å². The van der Waals surface area contributed by atoms with Gasteiger partial charge >= 0.3 is 0 Å². The van der Waals surface area contributed by atoms with Crippen molar-refractivity contribution in [2.75, 3.05) is 4.90 Å². The standard InChI is InChI=1S/C39H29NO/c1-39(2)31-20-11-9-18-29(31)36-32(39)21-13-22-33(36)40(27-16-7-4-8-17-27)34-25-24-28(26-14-5-3-6-15-26)38-37(34)30-19-10-12-23-35(30)41-38/h3-25H,1-2H3. The van der Waals surface area contributed by atoms with E-state index in [9.17, 15) is 0 Å². The molecule has 2 heteroatoms. The van der Waals surface area contributed by atoms with E-state index in [4.69, 9.17) is 4.42 Å². The second-order valence-electron chi connectivity index (χ2n) is 11.3. The summed E-state index contributed by atoms with van der Waals surface area (Å²) in [5.41, 5.74) is 12.7. The van der Waals surface area contributed by atoms with E-state index in [1.165, 1.54) is 27.9 Å². The summed E-state index contributed by atoms with van der Waals surface area (Å²) in [6.45, 7) is 4.68. The molecule has 0 unspecified atom stereocenters. The fourth-order valence-electron chi connectivity index (χ4n) is 6.75. The molecular formula is C39H29NO. The van der Waals surface area contributed by atoms with E-state index in [2.05, 4.69) is 152 Å². The fraction of sp³-hybridized carbons (Fsp3) is 0.0769. The highest BCUT2D eigenvalue weighted by Gasteiger charge is 2.38. The van der Waals surface area contributed by atoms with Crippen molar-refractivity contribution in [2.24, 2.45) is 0 Å². The van der Waals surface area contributed by atoms with Crippen LogP contribution >= 0.6 is 0 Å². The zero-order valence-corrected chi connectivity index (χ0v) is 23.1. The van der Waals surface area contributed by atoms with Gasteiger partial charge in [0, 0.05) is 27.6 Å². The number of rotatable bonds is 4. The van der Waals surface area contributed by atoms with Crippen molar-refractivity contribution in [1.82, 2.24) is 0 Å². The highest BCUT2D eigenvalue weighted by molar-refractivity contribution is 6.17. The first-order chi connectivity index (χ1) is 20.1. The maximum absolute atomic E-state index is 6.66. The smallest absolute Gasteiger partial charge is 0.145 e. The fourth-order valence-corrected chi connectivity index (χ4v) is 6.75. The summed E-state index contributed by atoms with van der Waals surface area (Å²) in [5.74, 6) is 0. The number of hydrogen-bond donors (Lipinski definition) is 0. The summed E-state index contributed by atoms with van der Waals surface area (Å²) in [7, 11) is 0. The van der Waals surface area contributed by atoms with Crippen molar-refractivity contribution in [3.05, 3.63) is 151 Å². The van der Waals surface area contributed by atoms with Crippen LogP contribution in [0.25, 0.3) is 44.2 Å². The van der Waals surface area contributed by atoms with Gasteiger partial charge in [-0.3, -0.25) is 0 Å². The molecule has 1 heterocycles. The van der Waals surface area contributed by atoms with Crippen LogP contribution in [0.15, 0.2) is 144 Å². The Morgan fingerprint density at radius 2 is 1.22 bits per heavy atom. The van der Waals surface area contributed by atoms with Crippen LogP contribution in [-0.2, 0) is 5.41 Å². The van der Waals surface area contributed by atoms with Crippen LogP contribution in [0.3, 0.4) is 0 Å². The lowest BCUT2D eigenvalue weighted by atomic mass is 9.82. The highest BCUT2D eigenvalue weighted by atomic mass is 16.3. The van der Waals surface area contributed by atoms with E-state index >= 15 is 0 Å². The number of furan rings is 1. The molecule has 196 valence electrons. The van der Waals surface area contributed by atoms with Crippen molar-refractivity contribution in [3.63, 3.8) is 0 Å². The van der Waals surface area contributed by atoms with Crippen molar-refractivity contribution in [3.8, 4) is 22.3 Å². The van der Waals surface area contributed by atoms with Gasteiger partial charge in [-0.25, -0.2) is 0 Å². The predicted molar refractivity (Wildman–Crippen MR) is 171 cm³/mol. The molecule has 6 aromatic carbocycles. The molecule has 0 atom stereocenters. The average Bonchev–Trinajstić information content (AvgIpc) is 3.52. The number of hydrogen-bond acceptors (Lipinski definition) is 2. The normalized spacial score (nSPS) is 13.3. The third kappa shape index (κ3) is 3.50. The van der Waals surface area contributed by atoms with Gasteiger partial charge in [-0.2, -0.15) is 0 Å². The first-order valence-electron chi connectivity index (χ1n) is 14.2. The zero-order valence-electron chi connectivity index (χ0n) is 23.1. The SMILES string of the molecule is CC1(C)c2ccccc2-c2c(N(c3ccccc3)c3ccc(-c4ccccc4)c4oc5ccccc5c34)cccc21. The number of benzene rings is 6. The summed E-state index contributed by atoms with van der Waals surface area (Å²) in [4.78, 5) is 2.43. The molecule has 2 nitrogen and oxygen atoms in total. The lowest BCUT2D eigenvalue weighted by molar-refractivity contribution is 0.660.